The predicted molar refractivity (Wildman–Crippen MR) is 98.5 cm³/mol. The molecule has 2 aromatic carbocycles. The smallest absolute Gasteiger partial charge is 0.277 e. The van der Waals surface area contributed by atoms with Gasteiger partial charge >= 0.3 is 0 Å². The van der Waals surface area contributed by atoms with Gasteiger partial charge in [0, 0.05) is 17.7 Å². The summed E-state index contributed by atoms with van der Waals surface area (Å²) in [6.45, 7) is -0.159. The fourth-order valence-electron chi connectivity index (χ4n) is 2.19. The van der Waals surface area contributed by atoms with E-state index < -0.39 is 10.8 Å². The quantitative estimate of drug-likeness (QED) is 0.392. The van der Waals surface area contributed by atoms with Crippen LogP contribution in [0.1, 0.15) is 5.76 Å². The van der Waals surface area contributed by atoms with Gasteiger partial charge < -0.3 is 9.15 Å². The number of nitro benzene ring substituents is 1. The van der Waals surface area contributed by atoms with E-state index in [2.05, 4.69) is 10.5 Å². The van der Waals surface area contributed by atoms with Gasteiger partial charge in [-0.05, 0) is 36.4 Å². The zero-order valence-corrected chi connectivity index (χ0v) is 14.1. The van der Waals surface area contributed by atoms with Gasteiger partial charge in [-0.25, -0.2) is 5.43 Å². The Morgan fingerprint density at radius 1 is 1.11 bits per heavy atom. The van der Waals surface area contributed by atoms with Gasteiger partial charge in [-0.3, -0.25) is 14.9 Å². The third-order valence-electron chi connectivity index (χ3n) is 3.48. The molecule has 8 heteroatoms. The van der Waals surface area contributed by atoms with E-state index in [0.29, 0.717) is 22.8 Å². The van der Waals surface area contributed by atoms with Crippen LogP contribution in [-0.2, 0) is 4.79 Å². The summed E-state index contributed by atoms with van der Waals surface area (Å²) < 4.78 is 10.9. The highest BCUT2D eigenvalue weighted by atomic mass is 16.6. The maximum atomic E-state index is 11.7. The lowest BCUT2D eigenvalue weighted by Gasteiger charge is -2.03. The van der Waals surface area contributed by atoms with E-state index >= 15 is 0 Å². The first-order chi connectivity index (χ1) is 13.1. The minimum Gasteiger partial charge on any atom is -0.484 e. The molecule has 0 radical (unpaired) electrons. The highest BCUT2D eigenvalue weighted by Gasteiger charge is 2.08. The van der Waals surface area contributed by atoms with Gasteiger partial charge in [0.25, 0.3) is 11.6 Å². The van der Waals surface area contributed by atoms with Crippen molar-refractivity contribution in [3.8, 4) is 17.1 Å². The number of benzene rings is 2. The van der Waals surface area contributed by atoms with Crippen molar-refractivity contribution in [3.05, 3.63) is 82.6 Å². The number of hydrogen-bond donors (Lipinski definition) is 1. The molecule has 0 bridgehead atoms. The first kappa shape index (κ1) is 17.9. The molecule has 0 aliphatic carbocycles. The Balaban J connectivity index is 1.52. The van der Waals surface area contributed by atoms with Gasteiger partial charge in [-0.1, -0.05) is 18.2 Å². The molecule has 0 atom stereocenters. The average molecular weight is 365 g/mol. The van der Waals surface area contributed by atoms with E-state index in [0.717, 1.165) is 0 Å². The van der Waals surface area contributed by atoms with Crippen LogP contribution in [0.25, 0.3) is 11.3 Å². The fourth-order valence-corrected chi connectivity index (χ4v) is 2.19. The summed E-state index contributed by atoms with van der Waals surface area (Å²) in [5.41, 5.74) is 3.04. The molecular weight excluding hydrogens is 350 g/mol. The van der Waals surface area contributed by atoms with Crippen LogP contribution >= 0.6 is 0 Å². The molecule has 3 rings (SSSR count). The van der Waals surface area contributed by atoms with Crippen LogP contribution in [0.3, 0.4) is 0 Å². The summed E-state index contributed by atoms with van der Waals surface area (Å²) in [5, 5.41) is 14.5. The van der Waals surface area contributed by atoms with Gasteiger partial charge in [0.15, 0.2) is 6.61 Å². The van der Waals surface area contributed by atoms with Crippen molar-refractivity contribution in [2.45, 2.75) is 0 Å². The first-order valence-corrected chi connectivity index (χ1v) is 7.96. The van der Waals surface area contributed by atoms with Gasteiger partial charge in [-0.2, -0.15) is 5.10 Å². The minimum absolute atomic E-state index is 0.00697. The molecule has 27 heavy (non-hydrogen) atoms. The molecule has 0 fully saturated rings. The second-order valence-corrected chi connectivity index (χ2v) is 5.40. The Labute approximate surface area is 154 Å². The zero-order chi connectivity index (χ0) is 19.1. The lowest BCUT2D eigenvalue weighted by Crippen LogP contribution is -2.24. The molecular formula is C19H15N3O5. The topological polar surface area (TPSA) is 107 Å². The van der Waals surface area contributed by atoms with E-state index in [1.807, 2.05) is 18.2 Å². The average Bonchev–Trinajstić information content (AvgIpc) is 3.16. The predicted octanol–water partition coefficient (Wildman–Crippen LogP) is 3.38. The van der Waals surface area contributed by atoms with Gasteiger partial charge in [-0.15, -0.1) is 0 Å². The molecule has 1 N–H and O–H groups in total. The van der Waals surface area contributed by atoms with Crippen molar-refractivity contribution < 1.29 is 18.9 Å². The van der Waals surface area contributed by atoms with Crippen LogP contribution in [0, 0.1) is 10.1 Å². The number of hydrazone groups is 1. The van der Waals surface area contributed by atoms with E-state index in [4.69, 9.17) is 9.15 Å². The number of furan rings is 1. The molecule has 1 aromatic heterocycles. The summed E-state index contributed by atoms with van der Waals surface area (Å²) >= 11 is 0. The number of nitrogens with zero attached hydrogens (tertiary/aromatic N) is 2. The second kappa shape index (κ2) is 8.43. The summed E-state index contributed by atoms with van der Waals surface area (Å²) in [6, 6.07) is 18.4. The number of amides is 1. The van der Waals surface area contributed by atoms with E-state index in [1.54, 1.807) is 36.4 Å². The Hall–Kier alpha value is -3.94. The van der Waals surface area contributed by atoms with Crippen LogP contribution in [0.4, 0.5) is 5.69 Å². The van der Waals surface area contributed by atoms with Crippen LogP contribution in [0.15, 0.2) is 76.2 Å². The van der Waals surface area contributed by atoms with E-state index in [9.17, 15) is 14.9 Å². The fraction of sp³-hybridized carbons (Fsp3) is 0.0526. The van der Waals surface area contributed by atoms with Crippen LogP contribution in [-0.4, -0.2) is 23.7 Å². The van der Waals surface area contributed by atoms with Crippen molar-refractivity contribution in [2.75, 3.05) is 6.61 Å². The second-order valence-electron chi connectivity index (χ2n) is 5.40. The molecule has 0 unspecified atom stereocenters. The third-order valence-corrected chi connectivity index (χ3v) is 3.48. The molecule has 0 saturated carbocycles. The van der Waals surface area contributed by atoms with Gasteiger partial charge in [0.05, 0.1) is 11.1 Å². The highest BCUT2D eigenvalue weighted by Crippen LogP contribution is 2.23. The van der Waals surface area contributed by atoms with Crippen molar-refractivity contribution in [2.24, 2.45) is 5.10 Å². The molecule has 1 amide bonds. The minimum atomic E-state index is -0.464. The molecule has 136 valence electrons. The molecule has 8 nitrogen and oxygen atoms in total. The normalized spacial score (nSPS) is 10.7. The Morgan fingerprint density at radius 3 is 2.56 bits per heavy atom. The van der Waals surface area contributed by atoms with Gasteiger partial charge in [0.1, 0.15) is 17.3 Å². The number of hydrogen-bond acceptors (Lipinski definition) is 6. The summed E-state index contributed by atoms with van der Waals surface area (Å²) in [7, 11) is 0. The molecule has 0 aliphatic rings. The Kier molecular flexibility index (Phi) is 5.58. The Bertz CT molecular complexity index is 949. The monoisotopic (exact) mass is 365 g/mol. The summed E-state index contributed by atoms with van der Waals surface area (Å²) in [5.74, 6) is 1.14. The lowest BCUT2D eigenvalue weighted by atomic mass is 10.1. The SMILES string of the molecule is O=C(COc1ccccc1)N/N=C/c1ccc(-c2ccc([N+](=O)[O-])cc2)o1. The lowest BCUT2D eigenvalue weighted by molar-refractivity contribution is -0.384. The maximum Gasteiger partial charge on any atom is 0.277 e. The molecule has 1 heterocycles. The Morgan fingerprint density at radius 2 is 1.85 bits per heavy atom. The summed E-state index contributed by atoms with van der Waals surface area (Å²) in [6.07, 6.45) is 1.36. The number of rotatable bonds is 7. The number of nitrogens with one attached hydrogen (secondary N) is 1. The molecule has 0 aliphatic heterocycles. The highest BCUT2D eigenvalue weighted by molar-refractivity contribution is 5.81. The standard InChI is InChI=1S/C19H15N3O5/c23-19(13-26-16-4-2-1-3-5-16)21-20-12-17-10-11-18(27-17)14-6-8-15(9-7-14)22(24)25/h1-12H,13H2,(H,21,23)/b20-12+. The first-order valence-electron chi connectivity index (χ1n) is 7.96. The number of para-hydroxylation sites is 1. The van der Waals surface area contributed by atoms with Crippen LogP contribution in [0.2, 0.25) is 0 Å². The zero-order valence-electron chi connectivity index (χ0n) is 14.1. The number of carbonyl (C=O) groups excluding carboxylic acids is 1. The number of nitro groups is 1. The van der Waals surface area contributed by atoms with Crippen molar-refractivity contribution in [3.63, 3.8) is 0 Å². The van der Waals surface area contributed by atoms with Crippen molar-refractivity contribution >= 4 is 17.8 Å². The van der Waals surface area contributed by atoms with Crippen molar-refractivity contribution in [1.29, 1.82) is 0 Å². The third kappa shape index (κ3) is 5.02. The summed E-state index contributed by atoms with van der Waals surface area (Å²) in [4.78, 5) is 21.9. The number of carbonyl (C=O) groups is 1. The maximum absolute atomic E-state index is 11.7. The number of non-ortho nitro benzene ring substituents is 1. The van der Waals surface area contributed by atoms with Crippen molar-refractivity contribution in [1.82, 2.24) is 5.43 Å². The van der Waals surface area contributed by atoms with Gasteiger partial charge in [0.2, 0.25) is 0 Å². The number of ether oxygens (including phenoxy) is 1. The molecule has 0 spiro atoms. The van der Waals surface area contributed by atoms with Crippen LogP contribution in [0.5, 0.6) is 5.75 Å². The molecule has 3 aromatic rings. The van der Waals surface area contributed by atoms with E-state index in [1.165, 1.54) is 18.3 Å². The van der Waals surface area contributed by atoms with Crippen LogP contribution < -0.4 is 10.2 Å². The largest absolute Gasteiger partial charge is 0.484 e. The van der Waals surface area contributed by atoms with E-state index in [-0.39, 0.29) is 12.3 Å². The molecule has 0 saturated heterocycles.